The van der Waals surface area contributed by atoms with Gasteiger partial charge in [-0.15, -0.1) is 0 Å². The summed E-state index contributed by atoms with van der Waals surface area (Å²) in [5, 5.41) is 0. The lowest BCUT2D eigenvalue weighted by Crippen LogP contribution is -2.61. The Kier molecular flexibility index (Phi) is 8.08. The zero-order chi connectivity index (χ0) is 21.8. The van der Waals surface area contributed by atoms with Crippen LogP contribution < -0.4 is 0 Å². The first kappa shape index (κ1) is 24.1. The summed E-state index contributed by atoms with van der Waals surface area (Å²) < 4.78 is 17.0. The average Bonchev–Trinajstić information content (AvgIpc) is 2.64. The maximum atomic E-state index is 13.8. The van der Waals surface area contributed by atoms with Gasteiger partial charge in [0.25, 0.3) is 0 Å². The van der Waals surface area contributed by atoms with Gasteiger partial charge in [-0.1, -0.05) is 47.5 Å². The summed E-state index contributed by atoms with van der Waals surface area (Å²) >= 11 is 0. The van der Waals surface area contributed by atoms with Crippen molar-refractivity contribution in [3.63, 3.8) is 0 Å². The van der Waals surface area contributed by atoms with E-state index in [1.54, 1.807) is 20.3 Å². The second-order valence-electron chi connectivity index (χ2n) is 9.98. The molecule has 1 saturated carbocycles. The van der Waals surface area contributed by atoms with Gasteiger partial charge in [-0.3, -0.25) is 9.59 Å². The Morgan fingerprint density at radius 3 is 2.28 bits per heavy atom. The van der Waals surface area contributed by atoms with Gasteiger partial charge in [0.15, 0.2) is 11.6 Å². The summed E-state index contributed by atoms with van der Waals surface area (Å²) in [5.74, 6) is 0.792. The molecule has 0 spiro atoms. The molecule has 0 saturated heterocycles. The first-order valence-corrected chi connectivity index (χ1v) is 11.1. The highest BCUT2D eigenvalue weighted by atomic mass is 16.7. The molecule has 4 unspecified atom stereocenters. The van der Waals surface area contributed by atoms with Gasteiger partial charge in [0.1, 0.15) is 12.6 Å². The van der Waals surface area contributed by atoms with Crippen molar-refractivity contribution in [1.29, 1.82) is 0 Å². The maximum Gasteiger partial charge on any atom is 0.170 e. The van der Waals surface area contributed by atoms with Crippen LogP contribution in [0.3, 0.4) is 0 Å². The lowest BCUT2D eigenvalue weighted by atomic mass is 9.50. The van der Waals surface area contributed by atoms with Gasteiger partial charge in [-0.2, -0.15) is 0 Å². The Hall–Kier alpha value is -1.20. The third kappa shape index (κ3) is 4.77. The van der Waals surface area contributed by atoms with Crippen molar-refractivity contribution in [2.75, 3.05) is 21.0 Å². The van der Waals surface area contributed by atoms with Crippen molar-refractivity contribution < 1.29 is 23.8 Å². The minimum atomic E-state index is -0.770. The molecule has 0 aromatic rings. The Morgan fingerprint density at radius 1 is 1.07 bits per heavy atom. The second-order valence-corrected chi connectivity index (χ2v) is 9.98. The number of ether oxygens (including phenoxy) is 3. The van der Waals surface area contributed by atoms with Gasteiger partial charge >= 0.3 is 0 Å². The van der Waals surface area contributed by atoms with E-state index < -0.39 is 16.7 Å². The quantitative estimate of drug-likeness (QED) is 0.358. The number of Topliss-reactive ketones (excluding diaryl/α,β-unsaturated/α-hetero) is 1. The molecule has 0 amide bonds. The van der Waals surface area contributed by atoms with Crippen molar-refractivity contribution >= 4 is 11.6 Å². The Bertz CT molecular complexity index is 623. The van der Waals surface area contributed by atoms with Crippen LogP contribution in [0.4, 0.5) is 0 Å². The van der Waals surface area contributed by atoms with Crippen molar-refractivity contribution in [2.45, 2.75) is 79.2 Å². The van der Waals surface area contributed by atoms with Gasteiger partial charge in [-0.25, -0.2) is 0 Å². The topological polar surface area (TPSA) is 61.8 Å². The molecule has 2 aliphatic rings. The molecule has 5 heteroatoms. The van der Waals surface area contributed by atoms with E-state index in [2.05, 4.69) is 34.6 Å². The monoisotopic (exact) mass is 408 g/mol. The highest BCUT2D eigenvalue weighted by molar-refractivity contribution is 6.14. The number of carbonyl (C=O) groups is 2. The zero-order valence-corrected chi connectivity index (χ0v) is 19.4. The number of methoxy groups -OCH3 is 2. The van der Waals surface area contributed by atoms with Crippen molar-refractivity contribution in [3.05, 3.63) is 11.8 Å². The number of rotatable bonds is 11. The molecule has 0 aromatic carbocycles. The maximum absolute atomic E-state index is 13.8. The van der Waals surface area contributed by atoms with Crippen LogP contribution in [0.25, 0.3) is 0 Å². The predicted octanol–water partition coefficient (Wildman–Crippen LogP) is 4.93. The summed E-state index contributed by atoms with van der Waals surface area (Å²) in [5.41, 5.74) is -1.30. The molecule has 166 valence electrons. The van der Waals surface area contributed by atoms with Crippen LogP contribution in [-0.4, -0.2) is 38.7 Å². The SMILES string of the molecule is COCOC1CC2(CCC(C)C)C(=O)C(C(=O)C=C2OC)C1(C)CCCC(C)C. The second kappa shape index (κ2) is 9.74. The smallest absolute Gasteiger partial charge is 0.170 e. The standard InChI is InChI=1S/C24H40O5/c1-16(2)9-8-11-23(5)20(29-15-27-6)14-24(12-10-17(3)4)19(28-7)13-18(25)21(23)22(24)26/h13,16-17,20-21H,8-12,14-15H2,1-7H3. The van der Waals surface area contributed by atoms with Crippen molar-refractivity contribution in [3.8, 4) is 0 Å². The molecule has 5 nitrogen and oxygen atoms in total. The van der Waals surface area contributed by atoms with Gasteiger partial charge in [0.05, 0.1) is 24.5 Å². The van der Waals surface area contributed by atoms with Crippen LogP contribution in [0, 0.1) is 28.6 Å². The summed E-state index contributed by atoms with van der Waals surface area (Å²) in [6.45, 7) is 10.9. The molecule has 0 aliphatic heterocycles. The van der Waals surface area contributed by atoms with Crippen LogP contribution in [0.2, 0.25) is 0 Å². The summed E-state index contributed by atoms with van der Waals surface area (Å²) in [4.78, 5) is 27.0. The number of hydrogen-bond donors (Lipinski definition) is 0. The predicted molar refractivity (Wildman–Crippen MR) is 113 cm³/mol. The molecule has 0 heterocycles. The Morgan fingerprint density at radius 2 is 1.72 bits per heavy atom. The van der Waals surface area contributed by atoms with Gasteiger partial charge in [0, 0.05) is 18.6 Å². The molecule has 0 radical (unpaired) electrons. The van der Waals surface area contributed by atoms with E-state index >= 15 is 0 Å². The zero-order valence-electron chi connectivity index (χ0n) is 19.4. The molecule has 2 bridgehead atoms. The summed E-state index contributed by atoms with van der Waals surface area (Å²) in [7, 11) is 3.16. The molecular weight excluding hydrogens is 368 g/mol. The lowest BCUT2D eigenvalue weighted by molar-refractivity contribution is -0.186. The van der Waals surface area contributed by atoms with Crippen molar-refractivity contribution in [2.24, 2.45) is 28.6 Å². The van der Waals surface area contributed by atoms with Gasteiger partial charge in [0.2, 0.25) is 0 Å². The minimum Gasteiger partial charge on any atom is -0.500 e. The van der Waals surface area contributed by atoms with Crippen LogP contribution in [0.15, 0.2) is 11.8 Å². The molecular formula is C24H40O5. The van der Waals surface area contributed by atoms with Gasteiger partial charge < -0.3 is 14.2 Å². The van der Waals surface area contributed by atoms with Crippen LogP contribution in [-0.2, 0) is 23.8 Å². The van der Waals surface area contributed by atoms with E-state index in [-0.39, 0.29) is 24.5 Å². The molecule has 1 fully saturated rings. The Balaban J connectivity index is 2.47. The normalized spacial score (nSPS) is 32.1. The van der Waals surface area contributed by atoms with Gasteiger partial charge in [-0.05, 0) is 37.5 Å². The average molecular weight is 409 g/mol. The fourth-order valence-corrected chi connectivity index (χ4v) is 5.17. The summed E-state index contributed by atoms with van der Waals surface area (Å²) in [6, 6.07) is 0. The largest absolute Gasteiger partial charge is 0.500 e. The Labute approximate surface area is 176 Å². The van der Waals surface area contributed by atoms with E-state index in [1.165, 1.54) is 0 Å². The van der Waals surface area contributed by atoms with E-state index in [9.17, 15) is 9.59 Å². The minimum absolute atomic E-state index is 0.0341. The van der Waals surface area contributed by atoms with E-state index in [0.717, 1.165) is 25.7 Å². The molecule has 2 aliphatic carbocycles. The fraction of sp³-hybridized carbons (Fsp3) is 0.833. The third-order valence-corrected chi connectivity index (χ3v) is 6.94. The highest BCUT2D eigenvalue weighted by Gasteiger charge is 2.64. The molecule has 29 heavy (non-hydrogen) atoms. The highest BCUT2D eigenvalue weighted by Crippen LogP contribution is 2.58. The van der Waals surface area contributed by atoms with E-state index in [1.807, 2.05) is 0 Å². The molecule has 4 atom stereocenters. The van der Waals surface area contributed by atoms with Crippen LogP contribution in [0.1, 0.15) is 73.1 Å². The van der Waals surface area contributed by atoms with Crippen LogP contribution in [0.5, 0.6) is 0 Å². The number of allylic oxidation sites excluding steroid dienone is 2. The first-order valence-electron chi connectivity index (χ1n) is 11.1. The number of fused-ring (bicyclic) bond motifs is 2. The summed E-state index contributed by atoms with van der Waals surface area (Å²) in [6.07, 6.45) is 6.32. The number of ketones is 2. The number of hydrogen-bond acceptors (Lipinski definition) is 5. The lowest BCUT2D eigenvalue weighted by Gasteiger charge is -2.54. The molecule has 0 N–H and O–H groups in total. The first-order chi connectivity index (χ1) is 13.6. The van der Waals surface area contributed by atoms with E-state index in [4.69, 9.17) is 14.2 Å². The van der Waals surface area contributed by atoms with Crippen molar-refractivity contribution in [1.82, 2.24) is 0 Å². The van der Waals surface area contributed by atoms with E-state index in [0.29, 0.717) is 30.4 Å². The molecule has 0 aromatic heterocycles. The van der Waals surface area contributed by atoms with Crippen LogP contribution >= 0.6 is 0 Å². The fourth-order valence-electron chi connectivity index (χ4n) is 5.17. The third-order valence-electron chi connectivity index (χ3n) is 6.94. The number of carbonyl (C=O) groups excluding carboxylic acids is 2. The molecule has 2 rings (SSSR count).